The molecule has 2 heterocycles. The molecule has 14 heavy (non-hydrogen) atoms. The van der Waals surface area contributed by atoms with Crippen LogP contribution in [0.15, 0.2) is 11.4 Å². The van der Waals surface area contributed by atoms with Crippen molar-refractivity contribution in [2.75, 3.05) is 13.1 Å². The maximum absolute atomic E-state index is 5.84. The van der Waals surface area contributed by atoms with E-state index >= 15 is 0 Å². The number of nitrogens with zero attached hydrogens (tertiary/aromatic N) is 1. The van der Waals surface area contributed by atoms with Crippen LogP contribution in [0.2, 0.25) is 0 Å². The largest absolute Gasteiger partial charge is 0.327 e. The minimum Gasteiger partial charge on any atom is -0.327 e. The smallest absolute Gasteiger partial charge is 0.0331 e. The van der Waals surface area contributed by atoms with Gasteiger partial charge < -0.3 is 5.73 Å². The summed E-state index contributed by atoms with van der Waals surface area (Å²) in [6, 6.07) is 3.09. The first-order valence-corrected chi connectivity index (χ1v) is 6.12. The summed E-state index contributed by atoms with van der Waals surface area (Å²) in [6.45, 7) is 6.54. The van der Waals surface area contributed by atoms with Crippen LogP contribution in [0.25, 0.3) is 0 Å². The number of hydrogen-bond donors (Lipinski definition) is 1. The van der Waals surface area contributed by atoms with Gasteiger partial charge in [-0.3, -0.25) is 4.90 Å². The first-order chi connectivity index (χ1) is 6.68. The molecule has 1 aliphatic heterocycles. The number of nitrogens with two attached hydrogens (primary N) is 1. The molecule has 0 aliphatic carbocycles. The Morgan fingerprint density at radius 2 is 2.50 bits per heavy atom. The molecule has 1 aromatic heterocycles. The van der Waals surface area contributed by atoms with Crippen LogP contribution in [0, 0.1) is 0 Å². The number of hydrogen-bond acceptors (Lipinski definition) is 3. The van der Waals surface area contributed by atoms with Gasteiger partial charge in [-0.1, -0.05) is 0 Å². The molecule has 1 unspecified atom stereocenters. The van der Waals surface area contributed by atoms with Crippen LogP contribution in [-0.2, 0) is 6.42 Å². The van der Waals surface area contributed by atoms with E-state index in [4.69, 9.17) is 5.73 Å². The van der Waals surface area contributed by atoms with Gasteiger partial charge in [0.2, 0.25) is 0 Å². The molecule has 2 nitrogen and oxygen atoms in total. The highest BCUT2D eigenvalue weighted by atomic mass is 32.1. The summed E-state index contributed by atoms with van der Waals surface area (Å²) in [5.41, 5.74) is 7.36. The molecule has 0 radical (unpaired) electrons. The molecule has 2 atom stereocenters. The van der Waals surface area contributed by atoms with Crippen LogP contribution in [0.3, 0.4) is 0 Å². The zero-order chi connectivity index (χ0) is 10.1. The maximum atomic E-state index is 5.84. The number of rotatable bonds is 2. The van der Waals surface area contributed by atoms with Crippen molar-refractivity contribution in [3.8, 4) is 0 Å². The Balaban J connectivity index is 2.13. The number of thiophene rings is 1. The fourth-order valence-electron chi connectivity index (χ4n) is 2.18. The molecular formula is C11H18N2S. The lowest BCUT2D eigenvalue weighted by Gasteiger charge is -2.34. The zero-order valence-corrected chi connectivity index (χ0v) is 9.68. The summed E-state index contributed by atoms with van der Waals surface area (Å²) in [5, 5.41) is 2.20. The molecule has 78 valence electrons. The van der Waals surface area contributed by atoms with Crippen LogP contribution >= 0.6 is 11.3 Å². The predicted molar refractivity (Wildman–Crippen MR) is 61.7 cm³/mol. The van der Waals surface area contributed by atoms with Crippen molar-refractivity contribution in [1.29, 1.82) is 0 Å². The molecule has 0 saturated heterocycles. The third-order valence-corrected chi connectivity index (χ3v) is 3.92. The summed E-state index contributed by atoms with van der Waals surface area (Å²) < 4.78 is 0. The second kappa shape index (κ2) is 4.01. The highest BCUT2D eigenvalue weighted by Crippen LogP contribution is 2.32. The average Bonchev–Trinajstić information content (AvgIpc) is 2.57. The van der Waals surface area contributed by atoms with E-state index in [-0.39, 0.29) is 6.04 Å². The van der Waals surface area contributed by atoms with Gasteiger partial charge in [0, 0.05) is 30.1 Å². The topological polar surface area (TPSA) is 29.3 Å². The van der Waals surface area contributed by atoms with Gasteiger partial charge in [-0.15, -0.1) is 11.3 Å². The molecule has 0 amide bonds. The third kappa shape index (κ3) is 1.85. The Morgan fingerprint density at radius 1 is 1.71 bits per heavy atom. The molecule has 2 rings (SSSR count). The van der Waals surface area contributed by atoms with E-state index in [1.54, 1.807) is 4.88 Å². The molecule has 0 spiro atoms. The van der Waals surface area contributed by atoms with E-state index in [1.165, 1.54) is 12.0 Å². The van der Waals surface area contributed by atoms with Crippen molar-refractivity contribution < 1.29 is 0 Å². The zero-order valence-electron chi connectivity index (χ0n) is 8.86. The summed E-state index contributed by atoms with van der Waals surface area (Å²) in [6.07, 6.45) is 1.20. The van der Waals surface area contributed by atoms with Crippen LogP contribution in [0.4, 0.5) is 0 Å². The average molecular weight is 210 g/mol. The molecule has 1 aliphatic rings. The summed E-state index contributed by atoms with van der Waals surface area (Å²) >= 11 is 1.89. The second-order valence-corrected chi connectivity index (χ2v) is 5.20. The highest BCUT2D eigenvalue weighted by molar-refractivity contribution is 7.10. The van der Waals surface area contributed by atoms with Crippen LogP contribution < -0.4 is 5.73 Å². The lowest BCUT2D eigenvalue weighted by molar-refractivity contribution is 0.191. The van der Waals surface area contributed by atoms with E-state index in [0.29, 0.717) is 6.04 Å². The van der Waals surface area contributed by atoms with E-state index < -0.39 is 0 Å². The maximum Gasteiger partial charge on any atom is 0.0331 e. The lowest BCUT2D eigenvalue weighted by atomic mass is 10.0. The Hall–Kier alpha value is -0.380. The quantitative estimate of drug-likeness (QED) is 0.809. The van der Waals surface area contributed by atoms with Gasteiger partial charge >= 0.3 is 0 Å². The Bertz CT molecular complexity index is 306. The van der Waals surface area contributed by atoms with Gasteiger partial charge in [-0.2, -0.15) is 0 Å². The highest BCUT2D eigenvalue weighted by Gasteiger charge is 2.24. The molecule has 1 aromatic rings. The second-order valence-electron chi connectivity index (χ2n) is 4.20. The van der Waals surface area contributed by atoms with Crippen molar-refractivity contribution in [2.45, 2.75) is 32.4 Å². The minimum absolute atomic E-state index is 0.276. The van der Waals surface area contributed by atoms with Gasteiger partial charge in [0.15, 0.2) is 0 Å². The number of fused-ring (bicyclic) bond motifs is 1. The molecule has 0 bridgehead atoms. The van der Waals surface area contributed by atoms with Gasteiger partial charge in [0.1, 0.15) is 0 Å². The summed E-state index contributed by atoms with van der Waals surface area (Å²) in [7, 11) is 0. The van der Waals surface area contributed by atoms with E-state index in [1.807, 2.05) is 11.3 Å². The fraction of sp³-hybridized carbons (Fsp3) is 0.636. The fourth-order valence-corrected chi connectivity index (χ4v) is 3.14. The van der Waals surface area contributed by atoms with Crippen molar-refractivity contribution in [1.82, 2.24) is 4.90 Å². The van der Waals surface area contributed by atoms with Crippen molar-refractivity contribution in [2.24, 2.45) is 5.73 Å². The van der Waals surface area contributed by atoms with Crippen LogP contribution in [0.1, 0.15) is 30.3 Å². The first-order valence-electron chi connectivity index (χ1n) is 5.24. The SMILES string of the molecule is CC1c2ccsc2CCN1C[C@H](C)N. The Kier molecular flexibility index (Phi) is 2.91. The third-order valence-electron chi connectivity index (χ3n) is 2.93. The predicted octanol–water partition coefficient (Wildman–Crippen LogP) is 2.01. The van der Waals surface area contributed by atoms with Crippen molar-refractivity contribution in [3.05, 3.63) is 21.9 Å². The lowest BCUT2D eigenvalue weighted by Crippen LogP contribution is -2.40. The molecule has 0 saturated carbocycles. The van der Waals surface area contributed by atoms with Crippen LogP contribution in [-0.4, -0.2) is 24.0 Å². The van der Waals surface area contributed by atoms with Gasteiger partial charge in [0.25, 0.3) is 0 Å². The first kappa shape index (κ1) is 10.1. The standard InChI is InChI=1S/C11H18N2S/c1-8(12)7-13-5-3-11-10(9(13)2)4-6-14-11/h4,6,8-9H,3,5,7,12H2,1-2H3/t8-,9?/m0/s1. The summed E-state index contributed by atoms with van der Waals surface area (Å²) in [4.78, 5) is 4.05. The monoisotopic (exact) mass is 210 g/mol. The molecular weight excluding hydrogens is 192 g/mol. The van der Waals surface area contributed by atoms with Crippen LogP contribution in [0.5, 0.6) is 0 Å². The molecule has 0 fully saturated rings. The van der Waals surface area contributed by atoms with Gasteiger partial charge in [0.05, 0.1) is 0 Å². The van der Waals surface area contributed by atoms with E-state index in [2.05, 4.69) is 30.2 Å². The van der Waals surface area contributed by atoms with E-state index in [9.17, 15) is 0 Å². The van der Waals surface area contributed by atoms with Crippen molar-refractivity contribution >= 4 is 11.3 Å². The van der Waals surface area contributed by atoms with Gasteiger partial charge in [-0.05, 0) is 37.3 Å². The minimum atomic E-state index is 0.276. The Labute approximate surface area is 89.7 Å². The van der Waals surface area contributed by atoms with Gasteiger partial charge in [-0.25, -0.2) is 0 Å². The van der Waals surface area contributed by atoms with Crippen molar-refractivity contribution in [3.63, 3.8) is 0 Å². The Morgan fingerprint density at radius 3 is 3.21 bits per heavy atom. The van der Waals surface area contributed by atoms with E-state index in [0.717, 1.165) is 13.1 Å². The normalized spacial score (nSPS) is 24.6. The molecule has 2 N–H and O–H groups in total. The molecule has 0 aromatic carbocycles. The summed E-state index contributed by atoms with van der Waals surface area (Å²) in [5.74, 6) is 0. The molecule has 3 heteroatoms.